The second-order valence-electron chi connectivity index (χ2n) is 4.35. The third-order valence-electron chi connectivity index (χ3n) is 2.53. The van der Waals surface area contributed by atoms with Gasteiger partial charge in [0, 0.05) is 18.7 Å². The highest BCUT2D eigenvalue weighted by molar-refractivity contribution is 5.90. The van der Waals surface area contributed by atoms with Crippen LogP contribution in [0.15, 0.2) is 24.3 Å². The van der Waals surface area contributed by atoms with Gasteiger partial charge in [-0.25, -0.2) is 4.79 Å². The van der Waals surface area contributed by atoms with Gasteiger partial charge in [-0.2, -0.15) is 0 Å². The smallest absolute Gasteiger partial charge is 0.319 e. The zero-order valence-corrected chi connectivity index (χ0v) is 10.6. The van der Waals surface area contributed by atoms with Crippen LogP contribution in [-0.4, -0.2) is 23.7 Å². The minimum absolute atomic E-state index is 0.0463. The van der Waals surface area contributed by atoms with Crippen LogP contribution in [0.4, 0.5) is 10.5 Å². The van der Waals surface area contributed by atoms with E-state index in [1.807, 2.05) is 31.2 Å². The van der Waals surface area contributed by atoms with Crippen molar-refractivity contribution in [3.63, 3.8) is 0 Å². The molecule has 0 aromatic heterocycles. The molecule has 98 valence electrons. The first kappa shape index (κ1) is 14.0. The third-order valence-corrected chi connectivity index (χ3v) is 2.53. The van der Waals surface area contributed by atoms with Gasteiger partial charge in [0.1, 0.15) is 0 Å². The van der Waals surface area contributed by atoms with Crippen LogP contribution in [0, 0.1) is 12.8 Å². The lowest BCUT2D eigenvalue weighted by atomic mass is 10.1. The Labute approximate surface area is 106 Å². The summed E-state index contributed by atoms with van der Waals surface area (Å²) < 4.78 is 0. The Bertz CT molecular complexity index is 432. The van der Waals surface area contributed by atoms with Crippen LogP contribution < -0.4 is 10.6 Å². The molecule has 5 nitrogen and oxygen atoms in total. The van der Waals surface area contributed by atoms with E-state index in [1.54, 1.807) is 6.92 Å². The Morgan fingerprint density at radius 3 is 2.61 bits per heavy atom. The molecule has 1 unspecified atom stereocenters. The lowest BCUT2D eigenvalue weighted by Gasteiger charge is -2.12. The summed E-state index contributed by atoms with van der Waals surface area (Å²) in [6.45, 7) is 4.02. The zero-order valence-electron chi connectivity index (χ0n) is 10.6. The molecule has 0 radical (unpaired) electrons. The van der Waals surface area contributed by atoms with Crippen LogP contribution in [0.25, 0.3) is 0 Å². The van der Waals surface area contributed by atoms with Crippen LogP contribution in [-0.2, 0) is 4.79 Å². The van der Waals surface area contributed by atoms with E-state index in [4.69, 9.17) is 5.11 Å². The Morgan fingerprint density at radius 1 is 1.33 bits per heavy atom. The number of amides is 2. The average molecular weight is 250 g/mol. The molecule has 0 spiro atoms. The van der Waals surface area contributed by atoms with Crippen molar-refractivity contribution in [2.75, 3.05) is 11.9 Å². The minimum Gasteiger partial charge on any atom is -0.481 e. The number of anilines is 1. The van der Waals surface area contributed by atoms with Crippen molar-refractivity contribution < 1.29 is 14.7 Å². The van der Waals surface area contributed by atoms with Gasteiger partial charge in [-0.15, -0.1) is 0 Å². The van der Waals surface area contributed by atoms with E-state index in [2.05, 4.69) is 10.6 Å². The summed E-state index contributed by atoms with van der Waals surface area (Å²) in [5.74, 6) is -0.950. The molecule has 1 rings (SSSR count). The molecule has 0 aliphatic rings. The highest BCUT2D eigenvalue weighted by Crippen LogP contribution is 2.12. The predicted molar refractivity (Wildman–Crippen MR) is 69.6 cm³/mol. The quantitative estimate of drug-likeness (QED) is 0.749. The Balaban J connectivity index is 2.39. The SMILES string of the molecule is Cc1ccccc1NC(=O)NCC(C)CC(=O)O. The van der Waals surface area contributed by atoms with Crippen molar-refractivity contribution in [3.8, 4) is 0 Å². The largest absolute Gasteiger partial charge is 0.481 e. The number of aryl methyl sites for hydroxylation is 1. The van der Waals surface area contributed by atoms with Gasteiger partial charge in [0.2, 0.25) is 0 Å². The van der Waals surface area contributed by atoms with Crippen molar-refractivity contribution in [3.05, 3.63) is 29.8 Å². The summed E-state index contributed by atoms with van der Waals surface area (Å²) in [6, 6.07) is 7.14. The first-order chi connectivity index (χ1) is 8.49. The van der Waals surface area contributed by atoms with Crippen LogP contribution in [0.2, 0.25) is 0 Å². The van der Waals surface area contributed by atoms with Crippen molar-refractivity contribution in [1.29, 1.82) is 0 Å². The van der Waals surface area contributed by atoms with Crippen molar-refractivity contribution in [1.82, 2.24) is 5.32 Å². The standard InChI is InChI=1S/C13H18N2O3/c1-9(7-12(16)17)8-14-13(18)15-11-6-4-3-5-10(11)2/h3-6,9H,7-8H2,1-2H3,(H,16,17)(H2,14,15,18). The average Bonchev–Trinajstić information content (AvgIpc) is 2.29. The van der Waals surface area contributed by atoms with E-state index in [0.29, 0.717) is 6.54 Å². The highest BCUT2D eigenvalue weighted by atomic mass is 16.4. The molecule has 1 aromatic rings. The molecule has 0 aliphatic heterocycles. The van der Waals surface area contributed by atoms with Crippen LogP contribution in [0.1, 0.15) is 18.9 Å². The first-order valence-electron chi connectivity index (χ1n) is 5.81. The number of nitrogens with one attached hydrogen (secondary N) is 2. The molecular weight excluding hydrogens is 232 g/mol. The molecule has 2 amide bonds. The fourth-order valence-corrected chi connectivity index (χ4v) is 1.52. The van der Waals surface area contributed by atoms with E-state index in [1.165, 1.54) is 0 Å². The highest BCUT2D eigenvalue weighted by Gasteiger charge is 2.09. The second-order valence-corrected chi connectivity index (χ2v) is 4.35. The first-order valence-corrected chi connectivity index (χ1v) is 5.81. The van der Waals surface area contributed by atoms with Gasteiger partial charge in [0.25, 0.3) is 0 Å². The van der Waals surface area contributed by atoms with Crippen LogP contribution in [0.5, 0.6) is 0 Å². The molecule has 1 atom stereocenters. The maximum atomic E-state index is 11.6. The van der Waals surface area contributed by atoms with Gasteiger partial charge >= 0.3 is 12.0 Å². The molecule has 0 bridgehead atoms. The summed E-state index contributed by atoms with van der Waals surface area (Å²) in [6.07, 6.45) is 0.0463. The van der Waals surface area contributed by atoms with Crippen LogP contribution >= 0.6 is 0 Å². The fraction of sp³-hybridized carbons (Fsp3) is 0.385. The monoisotopic (exact) mass is 250 g/mol. The number of carboxylic acids is 1. The molecule has 0 heterocycles. The van der Waals surface area contributed by atoms with Gasteiger partial charge in [-0.3, -0.25) is 4.79 Å². The number of carbonyl (C=O) groups is 2. The van der Waals surface area contributed by atoms with Crippen molar-refractivity contribution in [2.45, 2.75) is 20.3 Å². The number of hydrogen-bond donors (Lipinski definition) is 3. The number of carboxylic acid groups (broad SMARTS) is 1. The maximum absolute atomic E-state index is 11.6. The Hall–Kier alpha value is -2.04. The number of rotatable bonds is 5. The molecule has 1 aromatic carbocycles. The van der Waals surface area contributed by atoms with Gasteiger partial charge in [0.15, 0.2) is 0 Å². The Morgan fingerprint density at radius 2 is 2.00 bits per heavy atom. The molecule has 5 heteroatoms. The van der Waals surface area contributed by atoms with Gasteiger partial charge < -0.3 is 15.7 Å². The minimum atomic E-state index is -0.858. The fourth-order valence-electron chi connectivity index (χ4n) is 1.52. The van der Waals surface area contributed by atoms with Gasteiger partial charge in [0.05, 0.1) is 0 Å². The van der Waals surface area contributed by atoms with Gasteiger partial charge in [-0.1, -0.05) is 25.1 Å². The summed E-state index contributed by atoms with van der Waals surface area (Å²) in [5, 5.41) is 14.0. The normalized spacial score (nSPS) is 11.7. The van der Waals surface area contributed by atoms with Crippen molar-refractivity contribution in [2.24, 2.45) is 5.92 Å². The van der Waals surface area contributed by atoms with Crippen molar-refractivity contribution >= 4 is 17.7 Å². The van der Waals surface area contributed by atoms with E-state index < -0.39 is 5.97 Å². The Kier molecular flexibility index (Phi) is 5.17. The van der Waals surface area contributed by atoms with E-state index in [9.17, 15) is 9.59 Å². The number of urea groups is 1. The number of para-hydroxylation sites is 1. The summed E-state index contributed by atoms with van der Waals surface area (Å²) in [5.41, 5.74) is 1.73. The number of hydrogen-bond acceptors (Lipinski definition) is 2. The van der Waals surface area contributed by atoms with E-state index in [0.717, 1.165) is 11.3 Å². The van der Waals surface area contributed by atoms with E-state index >= 15 is 0 Å². The molecule has 18 heavy (non-hydrogen) atoms. The molecule has 3 N–H and O–H groups in total. The lowest BCUT2D eigenvalue weighted by Crippen LogP contribution is -2.33. The number of aliphatic carboxylic acids is 1. The number of carbonyl (C=O) groups excluding carboxylic acids is 1. The zero-order chi connectivity index (χ0) is 13.5. The predicted octanol–water partition coefficient (Wildman–Crippen LogP) is 2.23. The third kappa shape index (κ3) is 4.86. The summed E-state index contributed by atoms with van der Waals surface area (Å²) in [4.78, 5) is 22.0. The van der Waals surface area contributed by atoms with E-state index in [-0.39, 0.29) is 18.4 Å². The second kappa shape index (κ2) is 6.64. The lowest BCUT2D eigenvalue weighted by molar-refractivity contribution is -0.137. The van der Waals surface area contributed by atoms with Crippen LogP contribution in [0.3, 0.4) is 0 Å². The maximum Gasteiger partial charge on any atom is 0.319 e. The molecule has 0 saturated carbocycles. The summed E-state index contributed by atoms with van der Waals surface area (Å²) >= 11 is 0. The number of benzene rings is 1. The van der Waals surface area contributed by atoms with Gasteiger partial charge in [-0.05, 0) is 24.5 Å². The topological polar surface area (TPSA) is 78.4 Å². The summed E-state index contributed by atoms with van der Waals surface area (Å²) in [7, 11) is 0. The molecule has 0 fully saturated rings. The molecule has 0 saturated heterocycles. The molecular formula is C13H18N2O3. The molecule has 0 aliphatic carbocycles.